The van der Waals surface area contributed by atoms with E-state index in [0.717, 1.165) is 5.69 Å². The first kappa shape index (κ1) is 12.4. The van der Waals surface area contributed by atoms with Gasteiger partial charge in [-0.05, 0) is 30.5 Å². The van der Waals surface area contributed by atoms with Gasteiger partial charge in [-0.2, -0.15) is 0 Å². The van der Waals surface area contributed by atoms with Gasteiger partial charge in [0, 0.05) is 5.69 Å². The third kappa shape index (κ3) is 2.59. The van der Waals surface area contributed by atoms with Gasteiger partial charge in [0.25, 0.3) is 5.91 Å². The number of nitrogens with zero attached hydrogens (tertiary/aromatic N) is 1. The molecule has 0 saturated heterocycles. The van der Waals surface area contributed by atoms with Crippen molar-refractivity contribution in [3.8, 4) is 0 Å². The fourth-order valence-electron chi connectivity index (χ4n) is 1.66. The van der Waals surface area contributed by atoms with Crippen LogP contribution < -0.4 is 5.32 Å². The highest BCUT2D eigenvalue weighted by atomic mass is 16.5. The average Bonchev–Trinajstić information content (AvgIpc) is 2.76. The van der Waals surface area contributed by atoms with Crippen LogP contribution in [-0.4, -0.2) is 11.1 Å². The Bertz CT molecular complexity index is 541. The number of aromatic nitrogens is 1. The maximum atomic E-state index is 11.9. The van der Waals surface area contributed by atoms with E-state index in [1.54, 1.807) is 6.92 Å². The van der Waals surface area contributed by atoms with Crippen LogP contribution in [0.5, 0.6) is 0 Å². The smallest absolute Gasteiger partial charge is 0.260 e. The van der Waals surface area contributed by atoms with Crippen molar-refractivity contribution in [2.75, 3.05) is 5.32 Å². The number of aryl methyl sites for hydroxylation is 1. The Labute approximate surface area is 106 Å². The second kappa shape index (κ2) is 5.04. The van der Waals surface area contributed by atoms with E-state index in [-0.39, 0.29) is 5.91 Å². The number of hydrogen-bond acceptors (Lipinski definition) is 3. The normalized spacial score (nSPS) is 10.7. The van der Waals surface area contributed by atoms with E-state index in [1.807, 2.05) is 24.3 Å². The summed E-state index contributed by atoms with van der Waals surface area (Å²) >= 11 is 0. The lowest BCUT2D eigenvalue weighted by Gasteiger charge is -2.07. The molecule has 4 nitrogen and oxygen atoms in total. The van der Waals surface area contributed by atoms with E-state index in [4.69, 9.17) is 4.52 Å². The molecule has 0 aliphatic rings. The van der Waals surface area contributed by atoms with E-state index in [9.17, 15) is 4.79 Å². The summed E-state index contributed by atoms with van der Waals surface area (Å²) < 4.78 is 4.74. The van der Waals surface area contributed by atoms with Crippen LogP contribution in [0.4, 0.5) is 5.69 Å². The van der Waals surface area contributed by atoms with Crippen molar-refractivity contribution in [3.63, 3.8) is 0 Å². The number of hydrogen-bond donors (Lipinski definition) is 1. The van der Waals surface area contributed by atoms with Crippen LogP contribution in [0.15, 0.2) is 35.1 Å². The number of carbonyl (C=O) groups excluding carboxylic acids is 1. The van der Waals surface area contributed by atoms with Crippen molar-refractivity contribution >= 4 is 11.6 Å². The molecule has 1 amide bonds. The van der Waals surface area contributed by atoms with Gasteiger partial charge in [-0.3, -0.25) is 4.79 Å². The van der Waals surface area contributed by atoms with Crippen LogP contribution in [0, 0.1) is 6.92 Å². The van der Waals surface area contributed by atoms with Crippen molar-refractivity contribution in [1.82, 2.24) is 5.16 Å². The number of nitrogens with one attached hydrogen (secondary N) is 1. The van der Waals surface area contributed by atoms with Crippen LogP contribution in [0.25, 0.3) is 0 Å². The summed E-state index contributed by atoms with van der Waals surface area (Å²) in [5.74, 6) is 0.279. The Kier molecular flexibility index (Phi) is 3.46. The first-order valence-corrected chi connectivity index (χ1v) is 5.90. The fraction of sp³-hybridized carbons (Fsp3) is 0.286. The Morgan fingerprint density at radius 1 is 1.28 bits per heavy atom. The molecule has 0 aliphatic heterocycles. The Balaban J connectivity index is 2.10. The summed E-state index contributed by atoms with van der Waals surface area (Å²) in [6.07, 6.45) is 1.35. The van der Waals surface area contributed by atoms with Gasteiger partial charge in [0.05, 0.1) is 5.69 Å². The molecule has 1 aromatic heterocycles. The summed E-state index contributed by atoms with van der Waals surface area (Å²) in [6, 6.07) is 7.83. The molecule has 1 aromatic carbocycles. The van der Waals surface area contributed by atoms with Gasteiger partial charge < -0.3 is 9.84 Å². The first-order chi connectivity index (χ1) is 8.58. The number of rotatable bonds is 3. The number of amides is 1. The van der Waals surface area contributed by atoms with Gasteiger partial charge in [0.1, 0.15) is 11.8 Å². The maximum Gasteiger partial charge on any atom is 0.260 e. The summed E-state index contributed by atoms with van der Waals surface area (Å²) in [6.45, 7) is 6.00. The minimum atomic E-state index is -0.203. The quantitative estimate of drug-likeness (QED) is 0.900. The summed E-state index contributed by atoms with van der Waals surface area (Å²) in [5.41, 5.74) is 3.06. The van der Waals surface area contributed by atoms with E-state index in [1.165, 1.54) is 11.8 Å². The lowest BCUT2D eigenvalue weighted by Crippen LogP contribution is -2.12. The largest absolute Gasteiger partial charge is 0.364 e. The molecular formula is C14H16N2O2. The molecule has 1 heterocycles. The Morgan fingerprint density at radius 3 is 2.44 bits per heavy atom. The molecule has 0 unspecified atom stereocenters. The minimum absolute atomic E-state index is 0.203. The molecule has 2 aromatic rings. The second-order valence-corrected chi connectivity index (χ2v) is 4.54. The van der Waals surface area contributed by atoms with Crippen molar-refractivity contribution in [3.05, 3.63) is 47.3 Å². The van der Waals surface area contributed by atoms with Gasteiger partial charge in [0.15, 0.2) is 0 Å². The summed E-state index contributed by atoms with van der Waals surface area (Å²) in [4.78, 5) is 11.9. The first-order valence-electron chi connectivity index (χ1n) is 5.90. The highest BCUT2D eigenvalue weighted by Gasteiger charge is 2.12. The summed E-state index contributed by atoms with van der Waals surface area (Å²) in [7, 11) is 0. The Hall–Kier alpha value is -2.10. The lowest BCUT2D eigenvalue weighted by molar-refractivity contribution is 0.102. The van der Waals surface area contributed by atoms with Gasteiger partial charge in [-0.1, -0.05) is 31.1 Å². The van der Waals surface area contributed by atoms with Crippen molar-refractivity contribution in [2.45, 2.75) is 26.7 Å². The van der Waals surface area contributed by atoms with Crippen LogP contribution in [0.1, 0.15) is 41.4 Å². The molecule has 0 spiro atoms. The van der Waals surface area contributed by atoms with E-state index >= 15 is 0 Å². The van der Waals surface area contributed by atoms with Crippen molar-refractivity contribution in [2.24, 2.45) is 0 Å². The zero-order valence-electron chi connectivity index (χ0n) is 10.7. The Morgan fingerprint density at radius 2 is 1.94 bits per heavy atom. The number of benzene rings is 1. The summed E-state index contributed by atoms with van der Waals surface area (Å²) in [5, 5.41) is 6.49. The van der Waals surface area contributed by atoms with E-state index < -0.39 is 0 Å². The number of anilines is 1. The third-order valence-corrected chi connectivity index (χ3v) is 2.83. The highest BCUT2D eigenvalue weighted by Crippen LogP contribution is 2.18. The van der Waals surface area contributed by atoms with Crippen LogP contribution in [0.2, 0.25) is 0 Å². The van der Waals surface area contributed by atoms with Gasteiger partial charge >= 0.3 is 0 Å². The molecule has 0 bridgehead atoms. The van der Waals surface area contributed by atoms with Crippen molar-refractivity contribution in [1.29, 1.82) is 0 Å². The maximum absolute atomic E-state index is 11.9. The predicted molar refractivity (Wildman–Crippen MR) is 69.7 cm³/mol. The van der Waals surface area contributed by atoms with Crippen LogP contribution >= 0.6 is 0 Å². The SMILES string of the molecule is Cc1nocc1C(=O)Nc1ccc(C(C)C)cc1. The van der Waals surface area contributed by atoms with Crippen LogP contribution in [-0.2, 0) is 0 Å². The molecule has 1 N–H and O–H groups in total. The molecule has 0 radical (unpaired) electrons. The fourth-order valence-corrected chi connectivity index (χ4v) is 1.66. The molecule has 0 fully saturated rings. The highest BCUT2D eigenvalue weighted by molar-refractivity contribution is 6.04. The molecule has 0 aliphatic carbocycles. The minimum Gasteiger partial charge on any atom is -0.364 e. The second-order valence-electron chi connectivity index (χ2n) is 4.54. The predicted octanol–water partition coefficient (Wildman–Crippen LogP) is 3.36. The molecule has 94 valence electrons. The standard InChI is InChI=1S/C14H16N2O2/c1-9(2)11-4-6-12(7-5-11)15-14(17)13-8-18-16-10(13)3/h4-9H,1-3H3,(H,15,17). The molecule has 4 heteroatoms. The average molecular weight is 244 g/mol. The topological polar surface area (TPSA) is 55.1 Å². The zero-order valence-corrected chi connectivity index (χ0v) is 10.7. The van der Waals surface area contributed by atoms with Gasteiger partial charge in [-0.15, -0.1) is 0 Å². The molecule has 0 atom stereocenters. The molecule has 0 saturated carbocycles. The molecule has 2 rings (SSSR count). The van der Waals surface area contributed by atoms with Crippen LogP contribution in [0.3, 0.4) is 0 Å². The monoisotopic (exact) mass is 244 g/mol. The van der Waals surface area contributed by atoms with E-state index in [2.05, 4.69) is 24.3 Å². The van der Waals surface area contributed by atoms with Gasteiger partial charge in [-0.25, -0.2) is 0 Å². The zero-order chi connectivity index (χ0) is 13.1. The van der Waals surface area contributed by atoms with Crippen molar-refractivity contribution < 1.29 is 9.32 Å². The van der Waals surface area contributed by atoms with Gasteiger partial charge in [0.2, 0.25) is 0 Å². The lowest BCUT2D eigenvalue weighted by atomic mass is 10.0. The third-order valence-electron chi connectivity index (χ3n) is 2.83. The molecular weight excluding hydrogens is 228 g/mol. The van der Waals surface area contributed by atoms with E-state index in [0.29, 0.717) is 17.2 Å². The number of carbonyl (C=O) groups is 1. The molecule has 18 heavy (non-hydrogen) atoms.